The van der Waals surface area contributed by atoms with E-state index >= 15 is 0 Å². The van der Waals surface area contributed by atoms with Crippen LogP contribution in [0, 0.1) is 0 Å². The van der Waals surface area contributed by atoms with Crippen molar-refractivity contribution >= 4 is 27.6 Å². The molecule has 0 bridgehead atoms. The zero-order chi connectivity index (χ0) is 21.5. The van der Waals surface area contributed by atoms with Crippen LogP contribution in [0.15, 0.2) is 58.1 Å². The van der Waals surface area contributed by atoms with Gasteiger partial charge in [-0.1, -0.05) is 31.2 Å². The fraction of sp³-hybridized carbons (Fsp3) is 0.227. The Morgan fingerprint density at radius 3 is 2.52 bits per heavy atom. The van der Waals surface area contributed by atoms with Crippen LogP contribution in [0.2, 0.25) is 0 Å². The average Bonchev–Trinajstić information content (AvgIpc) is 3.21. The lowest BCUT2D eigenvalue weighted by molar-refractivity contribution is 0.257. The summed E-state index contributed by atoms with van der Waals surface area (Å²) in [6.07, 6.45) is 0. The van der Waals surface area contributed by atoms with E-state index in [0.29, 0.717) is 46.8 Å². The van der Waals surface area contributed by atoms with Crippen LogP contribution in [-0.4, -0.2) is 40.6 Å². The lowest BCUT2D eigenvalue weighted by atomic mass is 10.2. The van der Waals surface area contributed by atoms with Crippen LogP contribution in [0.1, 0.15) is 18.6 Å². The van der Waals surface area contributed by atoms with Crippen LogP contribution >= 0.6 is 0 Å². The molecule has 0 spiro atoms. The molecule has 9 nitrogen and oxygen atoms in total. The van der Waals surface area contributed by atoms with Gasteiger partial charge in [0.2, 0.25) is 5.78 Å². The third-order valence-corrected chi connectivity index (χ3v) is 5.54. The van der Waals surface area contributed by atoms with E-state index in [9.17, 15) is 9.59 Å². The first-order valence-electron chi connectivity index (χ1n) is 10.1. The van der Waals surface area contributed by atoms with E-state index in [1.165, 1.54) is 4.57 Å². The lowest BCUT2D eigenvalue weighted by Gasteiger charge is -2.19. The van der Waals surface area contributed by atoms with Crippen molar-refractivity contribution in [3.05, 3.63) is 80.9 Å². The molecule has 0 amide bonds. The fourth-order valence-electron chi connectivity index (χ4n) is 3.90. The Morgan fingerprint density at radius 1 is 0.968 bits per heavy atom. The lowest BCUT2D eigenvalue weighted by Crippen LogP contribution is -2.27. The Bertz CT molecular complexity index is 1550. The smallest absolute Gasteiger partial charge is 0.262 e. The van der Waals surface area contributed by atoms with E-state index in [1.807, 2.05) is 53.8 Å². The predicted octanol–water partition coefficient (Wildman–Crippen LogP) is 1.84. The molecule has 156 valence electrons. The number of fused-ring (bicyclic) bond motifs is 4. The van der Waals surface area contributed by atoms with Crippen molar-refractivity contribution in [3.8, 4) is 0 Å². The Labute approximate surface area is 176 Å². The van der Waals surface area contributed by atoms with Gasteiger partial charge in [0.1, 0.15) is 5.82 Å². The number of para-hydroxylation sites is 2. The number of aromatic amines is 1. The van der Waals surface area contributed by atoms with Crippen LogP contribution in [0.4, 0.5) is 0 Å². The molecule has 3 heterocycles. The Hall–Kier alpha value is -3.85. The number of hydrogen-bond donors (Lipinski definition) is 1. The molecule has 0 aliphatic carbocycles. The maximum atomic E-state index is 12.6. The number of aromatic nitrogens is 6. The van der Waals surface area contributed by atoms with Crippen molar-refractivity contribution in [2.45, 2.75) is 20.0 Å². The van der Waals surface area contributed by atoms with Crippen molar-refractivity contribution in [1.29, 1.82) is 0 Å². The van der Waals surface area contributed by atoms with Gasteiger partial charge >= 0.3 is 0 Å². The van der Waals surface area contributed by atoms with Gasteiger partial charge in [0, 0.05) is 7.05 Å². The van der Waals surface area contributed by atoms with Crippen molar-refractivity contribution in [2.75, 3.05) is 6.54 Å². The Balaban J connectivity index is 1.54. The summed E-state index contributed by atoms with van der Waals surface area (Å²) in [5.74, 6) is 1.80. The molecule has 0 unspecified atom stereocenters. The summed E-state index contributed by atoms with van der Waals surface area (Å²) in [7, 11) is 1.70. The molecule has 5 rings (SSSR count). The van der Waals surface area contributed by atoms with Gasteiger partial charge in [0.25, 0.3) is 11.1 Å². The van der Waals surface area contributed by atoms with E-state index in [2.05, 4.69) is 25.1 Å². The normalized spacial score (nSPS) is 11.8. The maximum Gasteiger partial charge on any atom is 0.262 e. The summed E-state index contributed by atoms with van der Waals surface area (Å²) < 4.78 is 3.42. The van der Waals surface area contributed by atoms with Gasteiger partial charge in [0.05, 0.1) is 34.9 Å². The largest absolute Gasteiger partial charge is 0.309 e. The van der Waals surface area contributed by atoms with Gasteiger partial charge in [-0.25, -0.2) is 4.98 Å². The highest BCUT2D eigenvalue weighted by Crippen LogP contribution is 2.16. The van der Waals surface area contributed by atoms with Crippen molar-refractivity contribution in [1.82, 2.24) is 34.0 Å². The third kappa shape index (κ3) is 3.19. The Kier molecular flexibility index (Phi) is 4.59. The molecular weight excluding hydrogens is 394 g/mol. The van der Waals surface area contributed by atoms with Gasteiger partial charge in [0.15, 0.2) is 5.82 Å². The minimum Gasteiger partial charge on any atom is -0.309 e. The molecule has 1 N–H and O–H groups in total. The van der Waals surface area contributed by atoms with Crippen LogP contribution in [0.25, 0.3) is 27.6 Å². The standard InChI is InChI=1S/C22H21N7O2/c1-3-28(12-18-23-16-10-6-4-8-14(16)20(30)24-18)13-19-25-26-22-27(2)21(31)15-9-5-7-11-17(15)29(19)22/h4-11H,3,12-13H2,1-2H3,(H,23,24,30). The van der Waals surface area contributed by atoms with Crippen molar-refractivity contribution in [3.63, 3.8) is 0 Å². The van der Waals surface area contributed by atoms with Crippen molar-refractivity contribution in [2.24, 2.45) is 7.05 Å². The molecule has 0 saturated carbocycles. The SMILES string of the molecule is CCN(Cc1nc2ccccc2c(=O)[nH]1)Cc1nnc2n(C)c(=O)c3ccccc3n12. The minimum atomic E-state index is -0.148. The molecule has 0 radical (unpaired) electrons. The van der Waals surface area contributed by atoms with E-state index in [-0.39, 0.29) is 11.1 Å². The zero-order valence-electron chi connectivity index (χ0n) is 17.2. The molecule has 0 saturated heterocycles. The second-order valence-corrected chi connectivity index (χ2v) is 7.47. The summed E-state index contributed by atoms with van der Waals surface area (Å²) in [4.78, 5) is 34.6. The number of H-pyrrole nitrogens is 1. The second kappa shape index (κ2) is 7.44. The van der Waals surface area contributed by atoms with E-state index in [1.54, 1.807) is 13.1 Å². The van der Waals surface area contributed by atoms with Gasteiger partial charge in [-0.05, 0) is 30.8 Å². The monoisotopic (exact) mass is 415 g/mol. The summed E-state index contributed by atoms with van der Waals surface area (Å²) in [6, 6.07) is 14.7. The zero-order valence-corrected chi connectivity index (χ0v) is 17.2. The first kappa shape index (κ1) is 19.1. The summed E-state index contributed by atoms with van der Waals surface area (Å²) >= 11 is 0. The fourth-order valence-corrected chi connectivity index (χ4v) is 3.90. The Morgan fingerprint density at radius 2 is 1.71 bits per heavy atom. The van der Waals surface area contributed by atoms with Gasteiger partial charge in [-0.2, -0.15) is 0 Å². The van der Waals surface area contributed by atoms with E-state index in [4.69, 9.17) is 0 Å². The highest BCUT2D eigenvalue weighted by Gasteiger charge is 2.17. The number of aryl methyl sites for hydroxylation is 1. The van der Waals surface area contributed by atoms with Crippen molar-refractivity contribution < 1.29 is 0 Å². The van der Waals surface area contributed by atoms with E-state index in [0.717, 1.165) is 12.1 Å². The molecule has 0 aliphatic heterocycles. The van der Waals surface area contributed by atoms with Crippen LogP contribution < -0.4 is 11.1 Å². The average molecular weight is 415 g/mol. The van der Waals surface area contributed by atoms with Crippen LogP contribution in [0.5, 0.6) is 0 Å². The molecule has 3 aromatic heterocycles. The molecule has 0 atom stereocenters. The number of hydrogen-bond acceptors (Lipinski definition) is 6. The summed E-state index contributed by atoms with van der Waals surface area (Å²) in [6.45, 7) is 3.69. The van der Waals surface area contributed by atoms with Gasteiger partial charge < -0.3 is 4.98 Å². The van der Waals surface area contributed by atoms with E-state index < -0.39 is 0 Å². The summed E-state index contributed by atoms with van der Waals surface area (Å²) in [5.41, 5.74) is 1.19. The minimum absolute atomic E-state index is 0.104. The number of nitrogens with one attached hydrogen (secondary N) is 1. The molecule has 5 aromatic rings. The van der Waals surface area contributed by atoms with Crippen LogP contribution in [0.3, 0.4) is 0 Å². The molecule has 9 heteroatoms. The third-order valence-electron chi connectivity index (χ3n) is 5.54. The first-order valence-corrected chi connectivity index (χ1v) is 10.1. The predicted molar refractivity (Wildman–Crippen MR) is 118 cm³/mol. The number of nitrogens with zero attached hydrogens (tertiary/aromatic N) is 6. The van der Waals surface area contributed by atoms with Gasteiger partial charge in [-0.3, -0.25) is 23.5 Å². The van der Waals surface area contributed by atoms with Gasteiger partial charge in [-0.15, -0.1) is 10.2 Å². The quantitative estimate of drug-likeness (QED) is 0.470. The number of rotatable bonds is 5. The number of benzene rings is 2. The first-order chi connectivity index (χ1) is 15.1. The second-order valence-electron chi connectivity index (χ2n) is 7.47. The molecule has 0 fully saturated rings. The maximum absolute atomic E-state index is 12.6. The highest BCUT2D eigenvalue weighted by atomic mass is 16.1. The topological polar surface area (TPSA) is 101 Å². The summed E-state index contributed by atoms with van der Waals surface area (Å²) in [5, 5.41) is 9.81. The molecule has 0 aliphatic rings. The molecule has 2 aromatic carbocycles. The van der Waals surface area contributed by atoms with Crippen LogP contribution in [-0.2, 0) is 20.1 Å². The molecular formula is C22H21N7O2. The molecule has 31 heavy (non-hydrogen) atoms. The highest BCUT2D eigenvalue weighted by molar-refractivity contribution is 5.80.